The topological polar surface area (TPSA) is 44.8 Å². The van der Waals surface area contributed by atoms with Gasteiger partial charge in [0.25, 0.3) is 8.32 Å². The van der Waals surface area contributed by atoms with Crippen molar-refractivity contribution in [2.75, 3.05) is 6.61 Å². The predicted molar refractivity (Wildman–Crippen MR) is 192 cm³/mol. The third-order valence-electron chi connectivity index (χ3n) is 9.58. The Morgan fingerprint density at radius 1 is 0.935 bits per heavy atom. The number of Topliss-reactive ketones (excluding diaryl/α,β-unsaturated/α-hetero) is 1. The van der Waals surface area contributed by atoms with Crippen molar-refractivity contribution in [3.63, 3.8) is 0 Å². The zero-order valence-electron chi connectivity index (χ0n) is 29.1. The molecule has 0 radical (unpaired) electrons. The summed E-state index contributed by atoms with van der Waals surface area (Å²) in [6, 6.07) is 21.5. The van der Waals surface area contributed by atoms with Gasteiger partial charge in [0.1, 0.15) is 0 Å². The van der Waals surface area contributed by atoms with E-state index in [1.807, 2.05) is 13.0 Å². The van der Waals surface area contributed by atoms with Crippen molar-refractivity contribution in [3.05, 3.63) is 119 Å². The highest BCUT2D eigenvalue weighted by Crippen LogP contribution is 2.44. The van der Waals surface area contributed by atoms with Crippen LogP contribution in [0.4, 0.5) is 0 Å². The summed E-state index contributed by atoms with van der Waals surface area (Å²) in [5.74, 6) is -0.952. The highest BCUT2D eigenvalue weighted by Gasteiger charge is 2.52. The molecule has 0 aromatic heterocycles. The molecule has 0 saturated carbocycles. The van der Waals surface area contributed by atoms with Crippen molar-refractivity contribution in [3.8, 4) is 0 Å². The zero-order valence-corrected chi connectivity index (χ0v) is 30.1. The summed E-state index contributed by atoms with van der Waals surface area (Å²) in [6.07, 6.45) is 13.7. The Balaban J connectivity index is 1.55. The van der Waals surface area contributed by atoms with Gasteiger partial charge in [-0.1, -0.05) is 110 Å². The number of fused-ring (bicyclic) bond motifs is 1. The summed E-state index contributed by atoms with van der Waals surface area (Å²) >= 11 is 0. The predicted octanol–water partition coefficient (Wildman–Crippen LogP) is 8.55. The van der Waals surface area contributed by atoms with E-state index in [4.69, 9.17) is 13.9 Å². The third-order valence-corrected chi connectivity index (χ3v) is 14.6. The van der Waals surface area contributed by atoms with Crippen LogP contribution in [0.15, 0.2) is 119 Å². The fraction of sp³-hybridized carbons (Fsp3) is 0.439. The third kappa shape index (κ3) is 7.39. The molecule has 2 aromatic carbocycles. The molecule has 2 aromatic rings. The fourth-order valence-corrected chi connectivity index (χ4v) is 11.9. The van der Waals surface area contributed by atoms with E-state index in [0.29, 0.717) is 13.0 Å². The van der Waals surface area contributed by atoms with Crippen molar-refractivity contribution >= 4 is 24.5 Å². The summed E-state index contributed by atoms with van der Waals surface area (Å²) in [4.78, 5) is 13.1. The molecule has 244 valence electrons. The molecule has 1 spiro atoms. The van der Waals surface area contributed by atoms with Gasteiger partial charge in [-0.3, -0.25) is 4.79 Å². The Bertz CT molecular complexity index is 1510. The van der Waals surface area contributed by atoms with Gasteiger partial charge in [-0.25, -0.2) is 0 Å². The Morgan fingerprint density at radius 3 is 2.15 bits per heavy atom. The first kappa shape index (κ1) is 34.2. The van der Waals surface area contributed by atoms with Crippen molar-refractivity contribution in [1.29, 1.82) is 0 Å². The SMILES string of the molecule is CC(C)=CCCC(C)=C[C@@H]1CC(C)=C[C@]2(C=C(CO[Si](c3ccccc3)(c3ccccc3)C(C)(C)C)[C@H]3CC(=O)C(C)=C[C@H]3O2)O1. The number of benzene rings is 2. The van der Waals surface area contributed by atoms with E-state index in [1.54, 1.807) is 0 Å². The van der Waals surface area contributed by atoms with Gasteiger partial charge in [-0.2, -0.15) is 0 Å². The number of carbonyl (C=O) groups excluding carboxylic acids is 1. The molecule has 0 fully saturated rings. The lowest BCUT2D eigenvalue weighted by Crippen LogP contribution is -2.67. The van der Waals surface area contributed by atoms with E-state index in [9.17, 15) is 4.79 Å². The molecular weight excluding hydrogens is 585 g/mol. The van der Waals surface area contributed by atoms with Gasteiger partial charge in [0.05, 0.1) is 18.8 Å². The molecule has 0 N–H and O–H groups in total. The summed E-state index contributed by atoms with van der Waals surface area (Å²) in [6.45, 7) is 17.8. The standard InChI is InChI=1S/C41H52O4Si/c1-29(2)16-15-17-30(3)22-34-23-31(4)26-41(44-34)27-33(37-25-38(42)32(5)24-39(37)45-41)28-43-46(40(6,7)8,35-18-11-9-12-19-35)36-20-13-10-14-21-36/h9-14,16,18-22,24,26-27,34,37,39H,15,17,23,25,28H2,1-8H3/t34-,37-,39-,41+/m1/s1. The molecule has 1 aliphatic carbocycles. The summed E-state index contributed by atoms with van der Waals surface area (Å²) in [7, 11) is -2.80. The van der Waals surface area contributed by atoms with Crippen LogP contribution in [0, 0.1) is 5.92 Å². The molecule has 2 aliphatic heterocycles. The van der Waals surface area contributed by atoms with Crippen LogP contribution in [0.2, 0.25) is 5.04 Å². The average Bonchev–Trinajstić information content (AvgIpc) is 2.98. The molecule has 0 unspecified atom stereocenters. The van der Waals surface area contributed by atoms with E-state index < -0.39 is 14.1 Å². The number of carbonyl (C=O) groups is 1. The van der Waals surface area contributed by atoms with Crippen LogP contribution in [-0.4, -0.2) is 38.7 Å². The second-order valence-corrected chi connectivity index (χ2v) is 19.0. The van der Waals surface area contributed by atoms with Gasteiger partial charge in [-0.15, -0.1) is 0 Å². The molecule has 0 bridgehead atoms. The van der Waals surface area contributed by atoms with Crippen molar-refractivity contribution in [2.24, 2.45) is 5.92 Å². The van der Waals surface area contributed by atoms with Gasteiger partial charge in [0.15, 0.2) is 5.78 Å². The minimum atomic E-state index is -2.80. The molecule has 3 aliphatic rings. The first-order chi connectivity index (χ1) is 21.8. The van der Waals surface area contributed by atoms with Crippen LogP contribution in [0.1, 0.15) is 81.1 Å². The number of ketones is 1. The summed E-state index contributed by atoms with van der Waals surface area (Å²) in [5, 5.41) is 2.32. The van der Waals surface area contributed by atoms with Gasteiger partial charge in [-0.05, 0) is 98.7 Å². The average molecular weight is 637 g/mol. The Labute approximate surface area is 278 Å². The Kier molecular flexibility index (Phi) is 10.4. The van der Waals surface area contributed by atoms with Gasteiger partial charge < -0.3 is 13.9 Å². The van der Waals surface area contributed by atoms with E-state index >= 15 is 0 Å². The van der Waals surface area contributed by atoms with Crippen LogP contribution in [-0.2, 0) is 18.7 Å². The lowest BCUT2D eigenvalue weighted by molar-refractivity contribution is -0.224. The van der Waals surface area contributed by atoms with Crippen molar-refractivity contribution < 1.29 is 18.7 Å². The van der Waals surface area contributed by atoms with Crippen LogP contribution in [0.25, 0.3) is 0 Å². The normalized spacial score (nSPS) is 25.4. The van der Waals surface area contributed by atoms with Crippen LogP contribution in [0.3, 0.4) is 0 Å². The molecule has 4 nitrogen and oxygen atoms in total. The maximum Gasteiger partial charge on any atom is 0.261 e. The number of hydrogen-bond donors (Lipinski definition) is 0. The summed E-state index contributed by atoms with van der Waals surface area (Å²) in [5.41, 5.74) is 5.74. The molecule has 4 atom stereocenters. The highest BCUT2D eigenvalue weighted by molar-refractivity contribution is 6.99. The van der Waals surface area contributed by atoms with Gasteiger partial charge in [0, 0.05) is 12.3 Å². The lowest BCUT2D eigenvalue weighted by Gasteiger charge is -2.47. The molecule has 2 heterocycles. The quantitative estimate of drug-likeness (QED) is 0.204. The Hall–Kier alpha value is -3.09. The van der Waals surface area contributed by atoms with Crippen molar-refractivity contribution in [2.45, 2.75) is 104 Å². The number of hydrogen-bond acceptors (Lipinski definition) is 4. The van der Waals surface area contributed by atoms with Gasteiger partial charge in [0.2, 0.25) is 5.79 Å². The van der Waals surface area contributed by atoms with E-state index in [-0.39, 0.29) is 28.9 Å². The molecular formula is C41H52O4Si. The monoisotopic (exact) mass is 636 g/mol. The molecule has 46 heavy (non-hydrogen) atoms. The molecule has 0 saturated heterocycles. The maximum absolute atomic E-state index is 13.1. The van der Waals surface area contributed by atoms with Crippen LogP contribution < -0.4 is 10.4 Å². The highest BCUT2D eigenvalue weighted by atomic mass is 28.4. The zero-order chi connectivity index (χ0) is 33.1. The van der Waals surface area contributed by atoms with Crippen molar-refractivity contribution in [1.82, 2.24) is 0 Å². The van der Waals surface area contributed by atoms with Crippen LogP contribution >= 0.6 is 0 Å². The number of ether oxygens (including phenoxy) is 2. The number of allylic oxidation sites excluding steroid dienone is 4. The molecule has 0 amide bonds. The largest absolute Gasteiger partial charge is 0.403 e. The maximum atomic E-state index is 13.1. The fourth-order valence-electron chi connectivity index (χ4n) is 7.36. The van der Waals surface area contributed by atoms with Crippen LogP contribution in [0.5, 0.6) is 0 Å². The Morgan fingerprint density at radius 2 is 1.57 bits per heavy atom. The molecule has 5 rings (SSSR count). The van der Waals surface area contributed by atoms with E-state index in [1.165, 1.54) is 27.1 Å². The number of rotatable bonds is 9. The minimum Gasteiger partial charge on any atom is -0.403 e. The smallest absolute Gasteiger partial charge is 0.261 e. The lowest BCUT2D eigenvalue weighted by atomic mass is 9.79. The second-order valence-electron chi connectivity index (χ2n) is 14.7. The minimum absolute atomic E-state index is 0.0981. The van der Waals surface area contributed by atoms with E-state index in [0.717, 1.165) is 30.4 Å². The molecule has 5 heteroatoms. The van der Waals surface area contributed by atoms with Gasteiger partial charge >= 0.3 is 0 Å². The first-order valence-electron chi connectivity index (χ1n) is 16.8. The first-order valence-corrected chi connectivity index (χ1v) is 18.8. The van der Waals surface area contributed by atoms with E-state index in [2.05, 4.69) is 133 Å². The summed E-state index contributed by atoms with van der Waals surface area (Å²) < 4.78 is 21.1. The second kappa shape index (κ2) is 13.9.